The Labute approximate surface area is 126 Å². The van der Waals surface area contributed by atoms with E-state index in [0.717, 1.165) is 24.4 Å². The Morgan fingerprint density at radius 2 is 2.00 bits per heavy atom. The molecular weight excluding hydrogens is 258 g/mol. The molecule has 1 aromatic heterocycles. The number of aryl methyl sites for hydroxylation is 1. The molecule has 1 aliphatic rings. The first-order chi connectivity index (χ1) is 10.3. The number of benzene rings is 1. The summed E-state index contributed by atoms with van der Waals surface area (Å²) in [6.45, 7) is 5.21. The lowest BCUT2D eigenvalue weighted by molar-refractivity contribution is 0.461. The molecule has 3 unspecified atom stereocenters. The highest BCUT2D eigenvalue weighted by Gasteiger charge is 2.44. The Kier molecular flexibility index (Phi) is 4.30. The van der Waals surface area contributed by atoms with E-state index in [4.69, 9.17) is 0 Å². The molecule has 0 bridgehead atoms. The topological polar surface area (TPSA) is 37.8 Å². The van der Waals surface area contributed by atoms with Crippen LogP contribution in [0.5, 0.6) is 0 Å². The van der Waals surface area contributed by atoms with Gasteiger partial charge in [0.05, 0.1) is 23.6 Å². The van der Waals surface area contributed by atoms with Gasteiger partial charge in [-0.1, -0.05) is 37.3 Å². The molecule has 3 heteroatoms. The highest BCUT2D eigenvalue weighted by molar-refractivity contribution is 5.28. The molecule has 110 valence electrons. The van der Waals surface area contributed by atoms with Crippen LogP contribution in [-0.2, 0) is 0 Å². The maximum Gasteiger partial charge on any atom is 0.0759 e. The van der Waals surface area contributed by atoms with Gasteiger partial charge in [0.15, 0.2) is 0 Å². The summed E-state index contributed by atoms with van der Waals surface area (Å²) in [7, 11) is 0. The zero-order chi connectivity index (χ0) is 14.7. The molecule has 3 rings (SSSR count). The van der Waals surface area contributed by atoms with E-state index in [0.29, 0.717) is 17.9 Å². The van der Waals surface area contributed by atoms with Crippen molar-refractivity contribution in [2.24, 2.45) is 5.92 Å². The summed E-state index contributed by atoms with van der Waals surface area (Å²) in [5, 5.41) is 3.66. The second-order valence-corrected chi connectivity index (χ2v) is 5.93. The van der Waals surface area contributed by atoms with Gasteiger partial charge in [-0.05, 0) is 43.7 Å². The molecular formula is C18H23N3. The number of hydrogen-bond acceptors (Lipinski definition) is 3. The normalized spacial score (nSPS) is 22.0. The molecule has 1 heterocycles. The van der Waals surface area contributed by atoms with Gasteiger partial charge in [0.25, 0.3) is 0 Å². The number of nitrogens with one attached hydrogen (secondary N) is 1. The lowest BCUT2D eigenvalue weighted by atomic mass is 10.0. The molecule has 1 fully saturated rings. The second-order valence-electron chi connectivity index (χ2n) is 5.93. The summed E-state index contributed by atoms with van der Waals surface area (Å²) in [6.07, 6.45) is 6.18. The van der Waals surface area contributed by atoms with E-state index < -0.39 is 0 Å². The van der Waals surface area contributed by atoms with Crippen LogP contribution in [0.2, 0.25) is 0 Å². The lowest BCUT2D eigenvalue weighted by Gasteiger charge is -2.18. The van der Waals surface area contributed by atoms with Crippen molar-refractivity contribution in [3.63, 3.8) is 0 Å². The van der Waals surface area contributed by atoms with Crippen molar-refractivity contribution in [1.29, 1.82) is 0 Å². The molecule has 3 atom stereocenters. The van der Waals surface area contributed by atoms with Crippen LogP contribution in [0.25, 0.3) is 0 Å². The third-order valence-corrected chi connectivity index (χ3v) is 4.23. The van der Waals surface area contributed by atoms with Crippen LogP contribution in [0.3, 0.4) is 0 Å². The summed E-state index contributed by atoms with van der Waals surface area (Å²) in [6, 6.07) is 11.1. The second kappa shape index (κ2) is 6.35. The van der Waals surface area contributed by atoms with Crippen molar-refractivity contribution in [3.8, 4) is 0 Å². The number of hydrogen-bond donors (Lipinski definition) is 1. The quantitative estimate of drug-likeness (QED) is 0.878. The molecule has 1 aliphatic carbocycles. The maximum absolute atomic E-state index is 4.60. The summed E-state index contributed by atoms with van der Waals surface area (Å²) in [5.74, 6) is 1.29. The predicted molar refractivity (Wildman–Crippen MR) is 85.1 cm³/mol. The van der Waals surface area contributed by atoms with Crippen molar-refractivity contribution in [2.75, 3.05) is 6.54 Å². The Morgan fingerprint density at radius 1 is 1.19 bits per heavy atom. The van der Waals surface area contributed by atoms with Gasteiger partial charge in [0, 0.05) is 6.20 Å². The van der Waals surface area contributed by atoms with Crippen LogP contribution in [-0.4, -0.2) is 16.5 Å². The van der Waals surface area contributed by atoms with Crippen LogP contribution in [0.15, 0.2) is 42.7 Å². The summed E-state index contributed by atoms with van der Waals surface area (Å²) in [4.78, 5) is 9.01. The number of nitrogens with zero attached hydrogens (tertiary/aromatic N) is 2. The summed E-state index contributed by atoms with van der Waals surface area (Å²) < 4.78 is 0. The Morgan fingerprint density at radius 3 is 2.67 bits per heavy atom. The van der Waals surface area contributed by atoms with E-state index >= 15 is 0 Å². The van der Waals surface area contributed by atoms with Gasteiger partial charge >= 0.3 is 0 Å². The van der Waals surface area contributed by atoms with Crippen LogP contribution >= 0.6 is 0 Å². The van der Waals surface area contributed by atoms with E-state index in [2.05, 4.69) is 52.5 Å². The van der Waals surface area contributed by atoms with E-state index in [1.54, 1.807) is 0 Å². The van der Waals surface area contributed by atoms with Crippen molar-refractivity contribution in [3.05, 3.63) is 59.7 Å². The molecule has 2 aromatic rings. The molecule has 0 saturated heterocycles. The largest absolute Gasteiger partial charge is 0.308 e. The molecule has 21 heavy (non-hydrogen) atoms. The first-order valence-corrected chi connectivity index (χ1v) is 7.86. The monoisotopic (exact) mass is 281 g/mol. The average molecular weight is 281 g/mol. The third-order valence-electron chi connectivity index (χ3n) is 4.23. The zero-order valence-electron chi connectivity index (χ0n) is 12.8. The lowest BCUT2D eigenvalue weighted by Crippen LogP contribution is -2.25. The SMILES string of the molecule is CCCNC(c1cnc(C)cn1)C1CC1c1ccccc1. The van der Waals surface area contributed by atoms with Crippen molar-refractivity contribution in [2.45, 2.75) is 38.6 Å². The van der Waals surface area contributed by atoms with Crippen LogP contribution in [0, 0.1) is 12.8 Å². The van der Waals surface area contributed by atoms with Gasteiger partial charge in [0.1, 0.15) is 0 Å². The third kappa shape index (κ3) is 3.30. The first kappa shape index (κ1) is 14.2. The summed E-state index contributed by atoms with van der Waals surface area (Å²) >= 11 is 0. The van der Waals surface area contributed by atoms with Crippen LogP contribution in [0.4, 0.5) is 0 Å². The molecule has 0 amide bonds. The van der Waals surface area contributed by atoms with Crippen molar-refractivity contribution < 1.29 is 0 Å². The van der Waals surface area contributed by atoms with E-state index in [1.807, 2.05) is 19.3 Å². The van der Waals surface area contributed by atoms with Gasteiger partial charge in [-0.15, -0.1) is 0 Å². The number of aromatic nitrogens is 2. The maximum atomic E-state index is 4.60. The highest BCUT2D eigenvalue weighted by Crippen LogP contribution is 2.53. The molecule has 3 nitrogen and oxygen atoms in total. The highest BCUT2D eigenvalue weighted by atomic mass is 15.0. The van der Waals surface area contributed by atoms with Gasteiger partial charge in [-0.2, -0.15) is 0 Å². The summed E-state index contributed by atoms with van der Waals surface area (Å²) in [5.41, 5.74) is 3.51. The van der Waals surface area contributed by atoms with Crippen molar-refractivity contribution >= 4 is 0 Å². The molecule has 1 aromatic carbocycles. The van der Waals surface area contributed by atoms with Gasteiger partial charge in [0.2, 0.25) is 0 Å². The van der Waals surface area contributed by atoms with Gasteiger partial charge in [-0.25, -0.2) is 0 Å². The Balaban J connectivity index is 1.76. The van der Waals surface area contributed by atoms with E-state index in [-0.39, 0.29) is 0 Å². The predicted octanol–water partition coefficient (Wildman–Crippen LogP) is 3.63. The minimum atomic E-state index is 0.322. The number of rotatable bonds is 6. The average Bonchev–Trinajstić information content (AvgIpc) is 3.31. The Hall–Kier alpha value is -1.74. The minimum absolute atomic E-state index is 0.322. The van der Waals surface area contributed by atoms with Crippen LogP contribution < -0.4 is 5.32 Å². The Bertz CT molecular complexity index is 565. The molecule has 0 spiro atoms. The minimum Gasteiger partial charge on any atom is -0.308 e. The smallest absolute Gasteiger partial charge is 0.0759 e. The van der Waals surface area contributed by atoms with E-state index in [9.17, 15) is 0 Å². The van der Waals surface area contributed by atoms with E-state index in [1.165, 1.54) is 12.0 Å². The fourth-order valence-electron chi connectivity index (χ4n) is 3.00. The standard InChI is InChI=1S/C18H23N3/c1-3-9-19-18(17-12-20-13(2)11-21-17)16-10-15(16)14-7-5-4-6-8-14/h4-8,11-12,15-16,18-19H,3,9-10H2,1-2H3. The molecule has 1 saturated carbocycles. The molecule has 0 radical (unpaired) electrons. The fourth-order valence-corrected chi connectivity index (χ4v) is 3.00. The first-order valence-electron chi connectivity index (χ1n) is 7.86. The fraction of sp³-hybridized carbons (Fsp3) is 0.444. The zero-order valence-corrected chi connectivity index (χ0v) is 12.8. The van der Waals surface area contributed by atoms with Crippen LogP contribution in [0.1, 0.15) is 48.7 Å². The molecule has 1 N–H and O–H groups in total. The van der Waals surface area contributed by atoms with Gasteiger partial charge < -0.3 is 5.32 Å². The molecule has 0 aliphatic heterocycles. The van der Waals surface area contributed by atoms with Gasteiger partial charge in [-0.3, -0.25) is 9.97 Å². The van der Waals surface area contributed by atoms with Crippen molar-refractivity contribution in [1.82, 2.24) is 15.3 Å².